The monoisotopic (exact) mass is 2490 g/mol. The summed E-state index contributed by atoms with van der Waals surface area (Å²) in [5.74, 6) is -0.246. The number of phenols is 1. The largest absolute Gasteiger partial charge is 0.507 e. The van der Waals surface area contributed by atoms with Gasteiger partial charge in [0, 0.05) is 376 Å². The Hall–Kier alpha value is 8.11. The van der Waals surface area contributed by atoms with Crippen LogP contribution in [0.25, 0.3) is 0 Å². The maximum absolute atomic E-state index is 11.8. The van der Waals surface area contributed by atoms with Crippen molar-refractivity contribution in [1.29, 1.82) is 0 Å². The van der Waals surface area contributed by atoms with Crippen LogP contribution in [0, 0.1) is 352 Å². The molecule has 10 atom stereocenters. The zero-order valence-electron chi connectivity index (χ0n) is 31.0. The first-order chi connectivity index (χ1) is 22.2. The molecule has 16 nitrogen and oxygen atoms in total. The molecule has 0 bridgehead atoms. The van der Waals surface area contributed by atoms with Crippen LogP contribution in [0.4, 0.5) is 0 Å². The predicted octanol–water partition coefficient (Wildman–Crippen LogP) is -1.46. The minimum Gasteiger partial charge on any atom is -0.507 e. The molecule has 4 rings (SSSR count). The van der Waals surface area contributed by atoms with Gasteiger partial charge in [0.05, 0.1) is 45.7 Å². The first-order valence-electron chi connectivity index (χ1n) is 14.5. The van der Waals surface area contributed by atoms with Crippen LogP contribution >= 0.6 is 0 Å². The summed E-state index contributed by atoms with van der Waals surface area (Å²) in [5.41, 5.74) is 0.774. The van der Waals surface area contributed by atoms with Crippen molar-refractivity contribution in [2.24, 2.45) is 0 Å². The molecule has 0 amide bonds. The number of aromatic hydroxyl groups is 1. The Balaban J connectivity index is -0.000000191. The Labute approximate surface area is 606 Å². The number of benzene rings is 2. The summed E-state index contributed by atoms with van der Waals surface area (Å²) in [6, 6.07) is 5.43. The molecule has 0 aromatic heterocycles. The van der Waals surface area contributed by atoms with Gasteiger partial charge in [-0.1, -0.05) is 0 Å². The fraction of sp³-hybridized carbons (Fsp3) is 0.548. The van der Waals surface area contributed by atoms with Gasteiger partial charge in [-0.3, -0.25) is 9.59 Å². The molecule has 0 saturated carbocycles. The molecule has 2 saturated heterocycles. The maximum atomic E-state index is 11.8. The fourth-order valence-corrected chi connectivity index (χ4v) is 5.41. The van der Waals surface area contributed by atoms with E-state index in [2.05, 4.69) is 0 Å². The van der Waals surface area contributed by atoms with E-state index in [-0.39, 0.29) is 392 Å². The average Bonchev–Trinajstić information content (AvgIpc) is 3.06. The van der Waals surface area contributed by atoms with Gasteiger partial charge in [0.1, 0.15) is 84.0 Å². The van der Waals surface area contributed by atoms with Gasteiger partial charge in [0.2, 0.25) is 0 Å². The fourth-order valence-electron chi connectivity index (χ4n) is 5.41. The minimum absolute atomic E-state index is 0. The summed E-state index contributed by atoms with van der Waals surface area (Å²) in [5, 5.41) is 88.3. The Bertz CT molecular complexity index is 1430. The number of carbonyl (C=O) groups is 2. The molecule has 2 heterocycles. The SMILES string of the molecule is COc1cc(O)c(C(C)=O)cc1C1OC(CO)C(O)C(O)C1O.COc1cc(OC)c(C2OC(CO)C(O)C(O)C2O)cc1C(C)=O.[Ac].[Ac].[Ac].[Ac].[Ac].[Ac].[Ac].[Ac]. The van der Waals surface area contributed by atoms with E-state index in [4.69, 9.17) is 23.7 Å². The van der Waals surface area contributed by atoms with E-state index in [1.165, 1.54) is 59.4 Å². The van der Waals surface area contributed by atoms with Crippen LogP contribution in [-0.2, 0) is 9.47 Å². The van der Waals surface area contributed by atoms with Crippen LogP contribution in [0.1, 0.15) is 57.9 Å². The van der Waals surface area contributed by atoms with E-state index in [1.807, 2.05) is 0 Å². The molecule has 2 fully saturated rings. The summed E-state index contributed by atoms with van der Waals surface area (Å²) in [4.78, 5) is 23.4. The molecule has 2 aliphatic heterocycles. The Morgan fingerprint density at radius 3 is 1.16 bits per heavy atom. The van der Waals surface area contributed by atoms with Crippen LogP contribution in [0.15, 0.2) is 24.3 Å². The molecule has 9 N–H and O–H groups in total. The van der Waals surface area contributed by atoms with E-state index < -0.39 is 80.0 Å². The summed E-state index contributed by atoms with van der Waals surface area (Å²) >= 11 is 0. The van der Waals surface area contributed by atoms with Crippen LogP contribution in [0.3, 0.4) is 0 Å². The third-order valence-electron chi connectivity index (χ3n) is 8.06. The summed E-state index contributed by atoms with van der Waals surface area (Å²) in [6.45, 7) is 1.51. The third kappa shape index (κ3) is 19.9. The van der Waals surface area contributed by atoms with Gasteiger partial charge in [-0.05, 0) is 26.0 Å². The van der Waals surface area contributed by atoms with Crippen molar-refractivity contribution in [1.82, 2.24) is 0 Å². The number of ketones is 2. The standard InChI is InChI=1S/C16H22O8.C15H20O8.8Ac/c1-7(18)8-4-9(11(23-3)5-10(8)22-2)16-15(21)14(20)13(19)12(6-17)24-16;1-6(17)7-3-8(10(22-2)4-9(7)18)15-14(21)13(20)12(19)11(5-16)23-15;;;;;;;;/h4-5,12-17,19-21H,6H2,1-3H3;3-4,11-16,18-21H,5H2,1-2H3;;;;;;;;. The molecule has 0 spiro atoms. The van der Waals surface area contributed by atoms with Gasteiger partial charge in [0.25, 0.3) is 0 Å². The second-order valence-electron chi connectivity index (χ2n) is 11.0. The number of rotatable bonds is 9. The number of ether oxygens (including phenoxy) is 5. The molecule has 0 aliphatic carbocycles. The van der Waals surface area contributed by atoms with Crippen molar-refractivity contribution >= 4 is 11.6 Å². The van der Waals surface area contributed by atoms with Crippen molar-refractivity contribution in [3.63, 3.8) is 0 Å². The van der Waals surface area contributed by atoms with Gasteiger partial charge in [-0.25, -0.2) is 0 Å². The summed E-state index contributed by atoms with van der Waals surface area (Å²) < 4.78 is 26.5. The molecule has 286 valence electrons. The van der Waals surface area contributed by atoms with Crippen LogP contribution in [-0.4, -0.2) is 141 Å². The van der Waals surface area contributed by atoms with Crippen molar-refractivity contribution in [2.75, 3.05) is 34.5 Å². The second kappa shape index (κ2) is 37.1. The average molecular weight is 2490 g/mol. The minimum atomic E-state index is -1.55. The second-order valence-corrected chi connectivity index (χ2v) is 11.0. The predicted molar refractivity (Wildman–Crippen MR) is 160 cm³/mol. The quantitative estimate of drug-likeness (QED) is 0.130. The third-order valence-corrected chi connectivity index (χ3v) is 8.06. The summed E-state index contributed by atoms with van der Waals surface area (Å²) in [6.07, 6.45) is -13.4. The Kier molecular flexibility index (Phi) is 50.3. The van der Waals surface area contributed by atoms with Gasteiger partial charge in [-0.15, -0.1) is 0 Å². The molecule has 2 aromatic carbocycles. The van der Waals surface area contributed by atoms with Gasteiger partial charge >= 0.3 is 0 Å². The zero-order chi connectivity index (χ0) is 35.3. The van der Waals surface area contributed by atoms with Crippen molar-refractivity contribution in [3.8, 4) is 23.0 Å². The molecule has 24 heteroatoms. The first kappa shape index (κ1) is 74.6. The van der Waals surface area contributed by atoms with Crippen LogP contribution in [0.2, 0.25) is 0 Å². The van der Waals surface area contributed by atoms with Gasteiger partial charge < -0.3 is 69.6 Å². The van der Waals surface area contributed by atoms with Crippen molar-refractivity contribution in [2.45, 2.75) is 74.9 Å². The summed E-state index contributed by atoms with van der Waals surface area (Å²) in [7, 11) is 4.14. The number of aliphatic hydroxyl groups excluding tert-OH is 8. The topological polar surface area (TPSA) is 262 Å². The van der Waals surface area contributed by atoms with Crippen molar-refractivity contribution in [3.05, 3.63) is 46.5 Å². The number of methoxy groups -OCH3 is 3. The van der Waals surface area contributed by atoms with Gasteiger partial charge in [0.15, 0.2) is 11.6 Å². The van der Waals surface area contributed by atoms with Crippen LogP contribution < -0.4 is 14.2 Å². The van der Waals surface area contributed by atoms with E-state index in [1.54, 1.807) is 0 Å². The van der Waals surface area contributed by atoms with Crippen molar-refractivity contribution < 1.29 is 432 Å². The zero-order valence-corrected chi connectivity index (χ0v) is 69.0. The Morgan fingerprint density at radius 2 is 0.855 bits per heavy atom. The smallest absolute Gasteiger partial charge is 0.163 e. The normalized spacial score (nSPS) is 26.1. The first-order valence-corrected chi connectivity index (χ1v) is 14.5. The molecular formula is C31H42Ac8O16. The van der Waals surface area contributed by atoms with E-state index in [9.17, 15) is 55.5 Å². The number of phenolic OH excluding ortho intramolecular Hbond substituents is 1. The Morgan fingerprint density at radius 1 is 0.527 bits per heavy atom. The molecule has 2 aromatic rings. The van der Waals surface area contributed by atoms with Crippen LogP contribution in [0.5, 0.6) is 23.0 Å². The maximum Gasteiger partial charge on any atom is 0.163 e. The molecule has 8 radical (unpaired) electrons. The van der Waals surface area contributed by atoms with E-state index >= 15 is 0 Å². The molecule has 55 heavy (non-hydrogen) atoms. The van der Waals surface area contributed by atoms with Gasteiger partial charge in [-0.2, -0.15) is 0 Å². The molecular weight excluding hydrogens is 2440 g/mol. The number of Topliss-reactive ketones (excluding diaryl/α,β-unsaturated/α-hetero) is 2. The van der Waals surface area contributed by atoms with E-state index in [0.29, 0.717) is 11.3 Å². The molecule has 10 unspecified atom stereocenters. The molecule has 2 aliphatic rings. The number of hydrogen-bond donors (Lipinski definition) is 9. The number of aliphatic hydroxyl groups is 8. The van der Waals surface area contributed by atoms with E-state index in [0.717, 1.165) is 0 Å². The number of carbonyl (C=O) groups excluding carboxylic acids is 2. The number of hydrogen-bond acceptors (Lipinski definition) is 16.